The van der Waals surface area contributed by atoms with Crippen molar-refractivity contribution in [2.45, 2.75) is 6.42 Å². The summed E-state index contributed by atoms with van der Waals surface area (Å²) < 4.78 is 5.15. The molecule has 0 saturated carbocycles. The first-order valence-electron chi connectivity index (χ1n) is 7.65. The van der Waals surface area contributed by atoms with Crippen LogP contribution in [0.1, 0.15) is 16.2 Å². The van der Waals surface area contributed by atoms with E-state index in [1.807, 2.05) is 6.07 Å². The van der Waals surface area contributed by atoms with Crippen molar-refractivity contribution in [1.29, 1.82) is 0 Å². The summed E-state index contributed by atoms with van der Waals surface area (Å²) in [5.74, 6) is 0.300. The monoisotopic (exact) mass is 372 g/mol. The van der Waals surface area contributed by atoms with Crippen molar-refractivity contribution in [2.75, 3.05) is 6.54 Å². The van der Waals surface area contributed by atoms with Crippen molar-refractivity contribution in [1.82, 2.24) is 15.5 Å². The summed E-state index contributed by atoms with van der Waals surface area (Å²) in [5, 5.41) is 17.8. The van der Waals surface area contributed by atoms with Gasteiger partial charge in [-0.25, -0.2) is 0 Å². The molecule has 26 heavy (non-hydrogen) atoms. The lowest BCUT2D eigenvalue weighted by Crippen LogP contribution is -2.25. The predicted octanol–water partition coefficient (Wildman–Crippen LogP) is 3.27. The first-order chi connectivity index (χ1) is 12.5. The predicted molar refractivity (Wildman–Crippen MR) is 93.9 cm³/mol. The molecule has 0 bridgehead atoms. The van der Waals surface area contributed by atoms with E-state index in [1.54, 1.807) is 18.2 Å². The lowest BCUT2D eigenvalue weighted by Gasteiger charge is -2.03. The largest absolute Gasteiger partial charge is 0.352 e. The number of hydrogen-bond acceptors (Lipinski definition) is 6. The van der Waals surface area contributed by atoms with Gasteiger partial charge < -0.3 is 9.84 Å². The van der Waals surface area contributed by atoms with Gasteiger partial charge >= 0.3 is 0 Å². The van der Waals surface area contributed by atoms with Crippen LogP contribution in [0, 0.1) is 10.1 Å². The number of aromatic nitrogens is 2. The quantitative estimate of drug-likeness (QED) is 0.525. The van der Waals surface area contributed by atoms with Gasteiger partial charge in [0.15, 0.2) is 0 Å². The molecule has 0 aliphatic heterocycles. The topological polar surface area (TPSA) is 111 Å². The van der Waals surface area contributed by atoms with Gasteiger partial charge in [-0.1, -0.05) is 35.0 Å². The summed E-state index contributed by atoms with van der Waals surface area (Å²) in [4.78, 5) is 26.5. The first kappa shape index (κ1) is 17.6. The zero-order valence-electron chi connectivity index (χ0n) is 13.4. The molecule has 132 valence electrons. The molecule has 0 aliphatic carbocycles. The van der Waals surface area contributed by atoms with Crippen molar-refractivity contribution in [3.8, 4) is 11.4 Å². The average Bonchev–Trinajstić information content (AvgIpc) is 3.10. The Kier molecular flexibility index (Phi) is 5.23. The Morgan fingerprint density at radius 3 is 2.81 bits per heavy atom. The Labute approximate surface area is 152 Å². The van der Waals surface area contributed by atoms with Crippen molar-refractivity contribution < 1.29 is 14.2 Å². The van der Waals surface area contributed by atoms with Crippen LogP contribution in [0.3, 0.4) is 0 Å². The molecular formula is C17H13ClN4O4. The highest BCUT2D eigenvalue weighted by molar-refractivity contribution is 6.33. The number of nitrogens with one attached hydrogen (secondary N) is 1. The average molecular weight is 373 g/mol. The van der Waals surface area contributed by atoms with E-state index in [-0.39, 0.29) is 17.8 Å². The smallest absolute Gasteiger partial charge is 0.270 e. The van der Waals surface area contributed by atoms with E-state index in [1.165, 1.54) is 24.3 Å². The minimum atomic E-state index is -0.550. The maximum Gasteiger partial charge on any atom is 0.270 e. The van der Waals surface area contributed by atoms with E-state index < -0.39 is 10.8 Å². The van der Waals surface area contributed by atoms with Gasteiger partial charge in [0, 0.05) is 36.2 Å². The molecule has 0 radical (unpaired) electrons. The molecule has 0 aliphatic rings. The Bertz CT molecular complexity index is 957. The number of carbonyl (C=O) groups is 1. The van der Waals surface area contributed by atoms with Gasteiger partial charge in [0.05, 0.1) is 9.95 Å². The molecular weight excluding hydrogens is 360 g/mol. The molecule has 3 rings (SSSR count). The van der Waals surface area contributed by atoms with Crippen molar-refractivity contribution >= 4 is 23.2 Å². The number of benzene rings is 2. The van der Waals surface area contributed by atoms with Crippen LogP contribution in [-0.2, 0) is 6.42 Å². The first-order valence-corrected chi connectivity index (χ1v) is 8.02. The SMILES string of the molecule is O=C(NCCc1nc(-c2ccccc2Cl)no1)c1cccc([N+](=O)[O-])c1. The Hall–Kier alpha value is -3.26. The maximum atomic E-state index is 12.1. The van der Waals surface area contributed by atoms with Crippen LogP contribution in [0.15, 0.2) is 53.1 Å². The van der Waals surface area contributed by atoms with Crippen LogP contribution in [0.25, 0.3) is 11.4 Å². The summed E-state index contributed by atoms with van der Waals surface area (Å²) >= 11 is 6.09. The Balaban J connectivity index is 1.59. The number of nitro benzene ring substituents is 1. The molecule has 1 heterocycles. The van der Waals surface area contributed by atoms with Crippen LogP contribution in [0.5, 0.6) is 0 Å². The molecule has 1 aromatic heterocycles. The summed E-state index contributed by atoms with van der Waals surface area (Å²) in [7, 11) is 0. The van der Waals surface area contributed by atoms with Gasteiger partial charge in [0.1, 0.15) is 0 Å². The number of carbonyl (C=O) groups excluding carboxylic acids is 1. The number of amides is 1. The maximum absolute atomic E-state index is 12.1. The highest BCUT2D eigenvalue weighted by Gasteiger charge is 2.13. The van der Waals surface area contributed by atoms with Crippen LogP contribution < -0.4 is 5.32 Å². The van der Waals surface area contributed by atoms with Gasteiger partial charge in [-0.2, -0.15) is 4.98 Å². The van der Waals surface area contributed by atoms with Crippen molar-refractivity contribution in [3.63, 3.8) is 0 Å². The van der Waals surface area contributed by atoms with Crippen LogP contribution in [0.4, 0.5) is 5.69 Å². The molecule has 1 amide bonds. The number of nitro groups is 1. The van der Waals surface area contributed by atoms with Gasteiger partial charge in [0.2, 0.25) is 11.7 Å². The highest BCUT2D eigenvalue weighted by Crippen LogP contribution is 2.24. The number of rotatable bonds is 6. The van der Waals surface area contributed by atoms with Gasteiger partial charge in [-0.15, -0.1) is 0 Å². The summed E-state index contributed by atoms with van der Waals surface area (Å²) in [6, 6.07) is 12.6. The zero-order chi connectivity index (χ0) is 18.5. The zero-order valence-corrected chi connectivity index (χ0v) is 14.1. The van der Waals surface area contributed by atoms with Crippen molar-refractivity contribution in [3.05, 3.63) is 75.1 Å². The van der Waals surface area contributed by atoms with Crippen LogP contribution in [0.2, 0.25) is 5.02 Å². The molecule has 3 aromatic rings. The Morgan fingerprint density at radius 1 is 1.23 bits per heavy atom. The van der Waals surface area contributed by atoms with E-state index >= 15 is 0 Å². The third-order valence-electron chi connectivity index (χ3n) is 3.53. The standard InChI is InChI=1S/C17H13ClN4O4/c18-14-7-2-1-6-13(14)16-20-15(26-21-16)8-9-19-17(23)11-4-3-5-12(10-11)22(24)25/h1-7,10H,8-9H2,(H,19,23). The fourth-order valence-electron chi connectivity index (χ4n) is 2.25. The van der Waals surface area contributed by atoms with Gasteiger partial charge in [-0.3, -0.25) is 14.9 Å². The van der Waals surface area contributed by atoms with Crippen LogP contribution >= 0.6 is 11.6 Å². The molecule has 0 atom stereocenters. The number of non-ortho nitro benzene ring substituents is 1. The number of hydrogen-bond donors (Lipinski definition) is 1. The normalized spacial score (nSPS) is 10.5. The molecule has 0 fully saturated rings. The van der Waals surface area contributed by atoms with Gasteiger partial charge in [-0.05, 0) is 18.2 Å². The lowest BCUT2D eigenvalue weighted by molar-refractivity contribution is -0.384. The molecule has 9 heteroatoms. The van der Waals surface area contributed by atoms with E-state index in [0.29, 0.717) is 28.7 Å². The second kappa shape index (κ2) is 7.75. The highest BCUT2D eigenvalue weighted by atomic mass is 35.5. The molecule has 1 N–H and O–H groups in total. The third-order valence-corrected chi connectivity index (χ3v) is 3.86. The fraction of sp³-hybridized carbons (Fsp3) is 0.118. The minimum Gasteiger partial charge on any atom is -0.352 e. The second-order valence-electron chi connectivity index (χ2n) is 5.30. The fourth-order valence-corrected chi connectivity index (χ4v) is 2.47. The van der Waals surface area contributed by atoms with E-state index in [2.05, 4.69) is 15.5 Å². The second-order valence-corrected chi connectivity index (χ2v) is 5.71. The number of halogens is 1. The lowest BCUT2D eigenvalue weighted by atomic mass is 10.2. The molecule has 2 aromatic carbocycles. The number of nitrogens with zero attached hydrogens (tertiary/aromatic N) is 3. The molecule has 8 nitrogen and oxygen atoms in total. The van der Waals surface area contributed by atoms with E-state index in [9.17, 15) is 14.9 Å². The molecule has 0 unspecified atom stereocenters. The van der Waals surface area contributed by atoms with E-state index in [0.717, 1.165) is 0 Å². The third kappa shape index (κ3) is 4.04. The van der Waals surface area contributed by atoms with E-state index in [4.69, 9.17) is 16.1 Å². The Morgan fingerprint density at radius 2 is 2.04 bits per heavy atom. The van der Waals surface area contributed by atoms with Gasteiger partial charge in [0.25, 0.3) is 11.6 Å². The molecule has 0 spiro atoms. The van der Waals surface area contributed by atoms with Crippen molar-refractivity contribution in [2.24, 2.45) is 0 Å². The van der Waals surface area contributed by atoms with Crippen LogP contribution in [-0.4, -0.2) is 27.5 Å². The minimum absolute atomic E-state index is 0.140. The summed E-state index contributed by atoms with van der Waals surface area (Å²) in [5.41, 5.74) is 0.727. The molecule has 0 saturated heterocycles. The summed E-state index contributed by atoms with van der Waals surface area (Å²) in [6.45, 7) is 0.242. The summed E-state index contributed by atoms with van der Waals surface area (Å²) in [6.07, 6.45) is 0.318.